The van der Waals surface area contributed by atoms with Gasteiger partial charge in [0.1, 0.15) is 0 Å². The Hall–Kier alpha value is -2.10. The van der Waals surface area contributed by atoms with Crippen LogP contribution in [0.15, 0.2) is 36.9 Å². The van der Waals surface area contributed by atoms with Gasteiger partial charge in [-0.3, -0.25) is 9.59 Å². The van der Waals surface area contributed by atoms with Gasteiger partial charge in [0.15, 0.2) is 0 Å². The molecular weight excluding hydrogens is 276 g/mol. The molecule has 1 unspecified atom stereocenters. The van der Waals surface area contributed by atoms with Gasteiger partial charge in [-0.05, 0) is 24.5 Å². The summed E-state index contributed by atoms with van der Waals surface area (Å²) in [6.07, 6.45) is 1.29. The third kappa shape index (κ3) is 3.56. The van der Waals surface area contributed by atoms with Gasteiger partial charge in [0, 0.05) is 13.1 Å². The quantitative estimate of drug-likeness (QED) is 0.849. The zero-order chi connectivity index (χ0) is 16.3. The molecule has 0 aliphatic carbocycles. The van der Waals surface area contributed by atoms with Crippen LogP contribution in [0.1, 0.15) is 31.0 Å². The zero-order valence-electron chi connectivity index (χ0n) is 13.5. The molecule has 0 saturated carbocycles. The van der Waals surface area contributed by atoms with Crippen LogP contribution in [0.2, 0.25) is 0 Å². The number of rotatable bonds is 5. The summed E-state index contributed by atoms with van der Waals surface area (Å²) >= 11 is 0. The molecule has 1 heterocycles. The summed E-state index contributed by atoms with van der Waals surface area (Å²) in [7, 11) is 0. The lowest BCUT2D eigenvalue weighted by Gasteiger charge is -2.38. The minimum atomic E-state index is -0.116. The Morgan fingerprint density at radius 2 is 2.05 bits per heavy atom. The number of hydrogen-bond acceptors (Lipinski definition) is 2. The SMILES string of the molecule is C=CC(=O)N1CC(C(=O)NC(c2cccc(C)c2)C(C)C)C1. The minimum Gasteiger partial charge on any atom is -0.349 e. The lowest BCUT2D eigenvalue weighted by atomic mass is 9.92. The molecule has 0 bridgehead atoms. The van der Waals surface area contributed by atoms with Gasteiger partial charge in [0.05, 0.1) is 12.0 Å². The fraction of sp³-hybridized carbons (Fsp3) is 0.444. The van der Waals surface area contributed by atoms with Gasteiger partial charge in [-0.25, -0.2) is 0 Å². The fourth-order valence-corrected chi connectivity index (χ4v) is 2.72. The molecule has 4 heteroatoms. The zero-order valence-corrected chi connectivity index (χ0v) is 13.5. The molecule has 1 aromatic rings. The number of carbonyl (C=O) groups excluding carboxylic acids is 2. The molecule has 118 valence electrons. The van der Waals surface area contributed by atoms with Gasteiger partial charge in [0.25, 0.3) is 0 Å². The smallest absolute Gasteiger partial charge is 0.246 e. The van der Waals surface area contributed by atoms with E-state index in [0.29, 0.717) is 19.0 Å². The number of likely N-dealkylation sites (tertiary alicyclic amines) is 1. The van der Waals surface area contributed by atoms with E-state index < -0.39 is 0 Å². The fourth-order valence-electron chi connectivity index (χ4n) is 2.72. The monoisotopic (exact) mass is 300 g/mol. The Balaban J connectivity index is 1.99. The summed E-state index contributed by atoms with van der Waals surface area (Å²) in [6, 6.07) is 8.22. The van der Waals surface area contributed by atoms with Gasteiger partial charge in [0.2, 0.25) is 11.8 Å². The third-order valence-electron chi connectivity index (χ3n) is 4.10. The first-order valence-electron chi connectivity index (χ1n) is 7.70. The van der Waals surface area contributed by atoms with Crippen molar-refractivity contribution in [3.05, 3.63) is 48.0 Å². The predicted molar refractivity (Wildman–Crippen MR) is 87.2 cm³/mol. The van der Waals surface area contributed by atoms with Crippen LogP contribution in [0.3, 0.4) is 0 Å². The molecule has 1 aliphatic heterocycles. The van der Waals surface area contributed by atoms with Gasteiger partial charge < -0.3 is 10.2 Å². The number of nitrogens with zero attached hydrogens (tertiary/aromatic N) is 1. The summed E-state index contributed by atoms with van der Waals surface area (Å²) < 4.78 is 0. The van der Waals surface area contributed by atoms with E-state index in [0.717, 1.165) is 5.56 Å². The van der Waals surface area contributed by atoms with E-state index in [1.54, 1.807) is 4.90 Å². The van der Waals surface area contributed by atoms with E-state index in [4.69, 9.17) is 0 Å². The highest BCUT2D eigenvalue weighted by molar-refractivity contribution is 5.90. The number of amides is 2. The Morgan fingerprint density at radius 3 is 2.59 bits per heavy atom. The predicted octanol–water partition coefficient (Wildman–Crippen LogP) is 2.45. The maximum atomic E-state index is 12.4. The van der Waals surface area contributed by atoms with Crippen molar-refractivity contribution >= 4 is 11.8 Å². The van der Waals surface area contributed by atoms with Crippen molar-refractivity contribution in [3.63, 3.8) is 0 Å². The molecule has 4 nitrogen and oxygen atoms in total. The second-order valence-electron chi connectivity index (χ2n) is 6.29. The molecule has 0 spiro atoms. The molecule has 2 amide bonds. The number of nitrogens with one attached hydrogen (secondary N) is 1. The first-order valence-corrected chi connectivity index (χ1v) is 7.70. The lowest BCUT2D eigenvalue weighted by molar-refractivity contribution is -0.140. The molecule has 1 N–H and O–H groups in total. The molecule has 1 atom stereocenters. The lowest BCUT2D eigenvalue weighted by Crippen LogP contribution is -2.55. The summed E-state index contributed by atoms with van der Waals surface area (Å²) in [5.41, 5.74) is 2.31. The van der Waals surface area contributed by atoms with Crippen LogP contribution in [0.4, 0.5) is 0 Å². The van der Waals surface area contributed by atoms with E-state index in [1.165, 1.54) is 11.6 Å². The summed E-state index contributed by atoms with van der Waals surface area (Å²) in [5.74, 6) is 0.100. The van der Waals surface area contributed by atoms with Crippen LogP contribution in [0, 0.1) is 18.8 Å². The van der Waals surface area contributed by atoms with Gasteiger partial charge in [-0.15, -0.1) is 0 Å². The van der Waals surface area contributed by atoms with Gasteiger partial charge in [-0.2, -0.15) is 0 Å². The topological polar surface area (TPSA) is 49.4 Å². The Kier molecular flexibility index (Phi) is 5.01. The normalized spacial score (nSPS) is 16.1. The van der Waals surface area contributed by atoms with E-state index >= 15 is 0 Å². The van der Waals surface area contributed by atoms with Crippen LogP contribution in [-0.4, -0.2) is 29.8 Å². The first kappa shape index (κ1) is 16.3. The van der Waals surface area contributed by atoms with E-state index in [-0.39, 0.29) is 23.8 Å². The molecule has 2 rings (SSSR count). The molecule has 1 fully saturated rings. The molecule has 1 aromatic carbocycles. The van der Waals surface area contributed by atoms with Crippen LogP contribution in [-0.2, 0) is 9.59 Å². The molecule has 1 saturated heterocycles. The molecular formula is C18H24N2O2. The van der Waals surface area contributed by atoms with Gasteiger partial charge in [-0.1, -0.05) is 50.3 Å². The number of benzene rings is 1. The Morgan fingerprint density at radius 1 is 1.36 bits per heavy atom. The molecule has 0 aromatic heterocycles. The molecule has 0 radical (unpaired) electrons. The summed E-state index contributed by atoms with van der Waals surface area (Å²) in [4.78, 5) is 25.4. The number of aryl methyl sites for hydroxylation is 1. The largest absolute Gasteiger partial charge is 0.349 e. The average molecular weight is 300 g/mol. The maximum absolute atomic E-state index is 12.4. The van der Waals surface area contributed by atoms with Crippen LogP contribution >= 0.6 is 0 Å². The van der Waals surface area contributed by atoms with Crippen molar-refractivity contribution in [3.8, 4) is 0 Å². The molecule has 1 aliphatic rings. The van der Waals surface area contributed by atoms with Crippen molar-refractivity contribution in [2.45, 2.75) is 26.8 Å². The second-order valence-corrected chi connectivity index (χ2v) is 6.29. The summed E-state index contributed by atoms with van der Waals surface area (Å²) in [5, 5.41) is 3.14. The number of carbonyl (C=O) groups is 2. The first-order chi connectivity index (χ1) is 10.4. The van der Waals surface area contributed by atoms with Crippen molar-refractivity contribution in [1.29, 1.82) is 0 Å². The van der Waals surface area contributed by atoms with E-state index in [9.17, 15) is 9.59 Å². The van der Waals surface area contributed by atoms with E-state index in [1.807, 2.05) is 25.1 Å². The Bertz CT molecular complexity index is 574. The van der Waals surface area contributed by atoms with Crippen molar-refractivity contribution in [1.82, 2.24) is 10.2 Å². The van der Waals surface area contributed by atoms with E-state index in [2.05, 4.69) is 31.8 Å². The average Bonchev–Trinajstić information content (AvgIpc) is 2.42. The highest BCUT2D eigenvalue weighted by atomic mass is 16.2. The third-order valence-corrected chi connectivity index (χ3v) is 4.10. The minimum absolute atomic E-state index is 0.00319. The van der Waals surface area contributed by atoms with Crippen molar-refractivity contribution < 1.29 is 9.59 Å². The standard InChI is InChI=1S/C18H24N2O2/c1-5-16(21)20-10-15(11-20)18(22)19-17(12(2)3)14-8-6-7-13(4)9-14/h5-9,12,15,17H,1,10-11H2,2-4H3,(H,19,22). The van der Waals surface area contributed by atoms with Crippen LogP contribution in [0.25, 0.3) is 0 Å². The molecule has 22 heavy (non-hydrogen) atoms. The summed E-state index contributed by atoms with van der Waals surface area (Å²) in [6.45, 7) is 10.7. The maximum Gasteiger partial charge on any atom is 0.246 e. The van der Waals surface area contributed by atoms with Crippen LogP contribution < -0.4 is 5.32 Å². The highest BCUT2D eigenvalue weighted by Crippen LogP contribution is 2.24. The highest BCUT2D eigenvalue weighted by Gasteiger charge is 2.35. The number of hydrogen-bond donors (Lipinski definition) is 1. The Labute approximate surface area is 132 Å². The van der Waals surface area contributed by atoms with Crippen molar-refractivity contribution in [2.24, 2.45) is 11.8 Å². The van der Waals surface area contributed by atoms with Crippen LogP contribution in [0.5, 0.6) is 0 Å². The second kappa shape index (κ2) is 6.77. The van der Waals surface area contributed by atoms with Gasteiger partial charge >= 0.3 is 0 Å². The van der Waals surface area contributed by atoms with Crippen molar-refractivity contribution in [2.75, 3.05) is 13.1 Å².